The molecule has 8 nitrogen and oxygen atoms in total. The first-order valence-electron chi connectivity index (χ1n) is 11.8. The van der Waals surface area contributed by atoms with Crippen molar-refractivity contribution in [3.05, 3.63) is 78.0 Å². The van der Waals surface area contributed by atoms with E-state index in [1.54, 1.807) is 47.4 Å². The molecule has 3 heterocycles. The number of carbonyl (C=O) groups excluding carboxylic acids is 1. The second-order valence-corrected chi connectivity index (χ2v) is 8.90. The highest BCUT2D eigenvalue weighted by atomic mass is 19.1. The van der Waals surface area contributed by atoms with Gasteiger partial charge >= 0.3 is 6.03 Å². The zero-order valence-electron chi connectivity index (χ0n) is 19.5. The van der Waals surface area contributed by atoms with E-state index < -0.39 is 5.82 Å². The van der Waals surface area contributed by atoms with Crippen molar-refractivity contribution in [1.29, 1.82) is 0 Å². The van der Waals surface area contributed by atoms with Crippen LogP contribution in [0.25, 0.3) is 16.9 Å². The van der Waals surface area contributed by atoms with Gasteiger partial charge in [0.2, 0.25) is 0 Å². The number of aromatic nitrogens is 3. The quantitative estimate of drug-likeness (QED) is 0.371. The molecule has 3 N–H and O–H groups in total. The second-order valence-electron chi connectivity index (χ2n) is 8.90. The largest absolute Gasteiger partial charge is 0.507 e. The number of urea groups is 1. The van der Waals surface area contributed by atoms with E-state index in [1.807, 2.05) is 0 Å². The van der Waals surface area contributed by atoms with Crippen LogP contribution in [0.1, 0.15) is 18.4 Å². The Balaban J connectivity index is 1.26. The summed E-state index contributed by atoms with van der Waals surface area (Å²) in [6.07, 6.45) is 2.88. The summed E-state index contributed by atoms with van der Waals surface area (Å²) in [7, 11) is 0. The predicted octanol–water partition coefficient (Wildman–Crippen LogP) is 4.41. The zero-order valence-corrected chi connectivity index (χ0v) is 19.5. The molecule has 1 aliphatic heterocycles. The number of hydrogen-bond acceptors (Lipinski definition) is 5. The Morgan fingerprint density at radius 3 is 2.83 bits per heavy atom. The molecule has 0 spiro atoms. The summed E-state index contributed by atoms with van der Waals surface area (Å²) >= 11 is 0. The van der Waals surface area contributed by atoms with Crippen molar-refractivity contribution in [2.24, 2.45) is 5.92 Å². The first-order chi connectivity index (χ1) is 17.5. The van der Waals surface area contributed by atoms with Gasteiger partial charge in [0.15, 0.2) is 11.5 Å². The second kappa shape index (κ2) is 10.2. The van der Waals surface area contributed by atoms with E-state index in [-0.39, 0.29) is 35.7 Å². The summed E-state index contributed by atoms with van der Waals surface area (Å²) in [5.74, 6) is -0.147. The minimum Gasteiger partial charge on any atom is -0.507 e. The Bertz CT molecular complexity index is 1390. The number of halogens is 2. The standard InChI is InChI=1S/C26H26F2N6O2/c27-19-7-3-5-17(11-19)13-30-26(36)33-10-4-6-18(16-33)14-29-24-12-22(20-8-1-2-9-23(20)35)32-25-21(28)15-31-34(24)25/h1-3,5,7-9,11-12,15,18,29,35H,4,6,10,13-14,16H2,(H,30,36). The van der Waals surface area contributed by atoms with Crippen LogP contribution in [0.4, 0.5) is 19.4 Å². The van der Waals surface area contributed by atoms with Crippen molar-refractivity contribution >= 4 is 17.5 Å². The van der Waals surface area contributed by atoms with Crippen LogP contribution in [0.3, 0.4) is 0 Å². The maximum absolute atomic E-state index is 14.4. The highest BCUT2D eigenvalue weighted by Gasteiger charge is 2.24. The van der Waals surface area contributed by atoms with Crippen LogP contribution in [0.5, 0.6) is 5.75 Å². The molecule has 0 bridgehead atoms. The van der Waals surface area contributed by atoms with E-state index in [4.69, 9.17) is 0 Å². The fourth-order valence-corrected chi connectivity index (χ4v) is 4.49. The Kier molecular flexibility index (Phi) is 6.66. The molecule has 36 heavy (non-hydrogen) atoms. The molecule has 2 aromatic carbocycles. The number of amides is 2. The lowest BCUT2D eigenvalue weighted by Crippen LogP contribution is -2.46. The maximum Gasteiger partial charge on any atom is 0.317 e. The number of aromatic hydroxyl groups is 1. The molecular formula is C26H26F2N6O2. The van der Waals surface area contributed by atoms with Gasteiger partial charge in [-0.15, -0.1) is 0 Å². The molecule has 10 heteroatoms. The first-order valence-corrected chi connectivity index (χ1v) is 11.8. The molecule has 0 radical (unpaired) electrons. The van der Waals surface area contributed by atoms with E-state index in [2.05, 4.69) is 20.7 Å². The summed E-state index contributed by atoms with van der Waals surface area (Å²) in [5.41, 5.74) is 1.67. The van der Waals surface area contributed by atoms with Crippen molar-refractivity contribution in [3.63, 3.8) is 0 Å². The highest BCUT2D eigenvalue weighted by Crippen LogP contribution is 2.30. The van der Waals surface area contributed by atoms with Crippen LogP contribution in [0, 0.1) is 17.6 Å². The van der Waals surface area contributed by atoms with Crippen molar-refractivity contribution in [2.45, 2.75) is 19.4 Å². The predicted molar refractivity (Wildman–Crippen MR) is 131 cm³/mol. The molecule has 0 aliphatic carbocycles. The molecule has 1 saturated heterocycles. The third-order valence-corrected chi connectivity index (χ3v) is 6.32. The van der Waals surface area contributed by atoms with E-state index >= 15 is 0 Å². The Morgan fingerprint density at radius 2 is 2.00 bits per heavy atom. The minimum atomic E-state index is -0.561. The third kappa shape index (κ3) is 5.07. The maximum atomic E-state index is 14.4. The van der Waals surface area contributed by atoms with Crippen LogP contribution in [0.2, 0.25) is 0 Å². The van der Waals surface area contributed by atoms with Crippen molar-refractivity contribution in [2.75, 3.05) is 25.0 Å². The molecule has 1 atom stereocenters. The van der Waals surface area contributed by atoms with Gasteiger partial charge in [0.25, 0.3) is 0 Å². The van der Waals surface area contributed by atoms with E-state index in [0.29, 0.717) is 42.3 Å². The van der Waals surface area contributed by atoms with Gasteiger partial charge < -0.3 is 20.6 Å². The normalized spacial score (nSPS) is 15.7. The molecule has 186 valence electrons. The highest BCUT2D eigenvalue weighted by molar-refractivity contribution is 5.74. The fourth-order valence-electron chi connectivity index (χ4n) is 4.49. The summed E-state index contributed by atoms with van der Waals surface area (Å²) in [6.45, 7) is 1.99. The lowest BCUT2D eigenvalue weighted by Gasteiger charge is -2.33. The number of carbonyl (C=O) groups is 1. The number of fused-ring (bicyclic) bond motifs is 1. The van der Waals surface area contributed by atoms with Gasteiger partial charge in [0, 0.05) is 37.8 Å². The average Bonchev–Trinajstić information content (AvgIpc) is 3.27. The fraction of sp³-hybridized carbons (Fsp3) is 0.269. The average molecular weight is 493 g/mol. The summed E-state index contributed by atoms with van der Waals surface area (Å²) in [6, 6.07) is 14.4. The number of phenolic OH excluding ortho intramolecular Hbond substituents is 1. The Hall–Kier alpha value is -4.21. The monoisotopic (exact) mass is 492 g/mol. The molecule has 0 saturated carbocycles. The number of phenols is 1. The number of anilines is 1. The molecule has 1 fully saturated rings. The van der Waals surface area contributed by atoms with Crippen molar-refractivity contribution in [3.8, 4) is 17.0 Å². The number of rotatable bonds is 6. The number of likely N-dealkylation sites (tertiary alicyclic amines) is 1. The van der Waals surface area contributed by atoms with Gasteiger partial charge in [-0.2, -0.15) is 9.61 Å². The molecule has 2 aromatic heterocycles. The van der Waals surface area contributed by atoms with Crippen LogP contribution in [-0.4, -0.2) is 50.3 Å². The topological polar surface area (TPSA) is 94.8 Å². The molecule has 4 aromatic rings. The van der Waals surface area contributed by atoms with Gasteiger partial charge in [-0.3, -0.25) is 0 Å². The lowest BCUT2D eigenvalue weighted by molar-refractivity contribution is 0.168. The van der Waals surface area contributed by atoms with E-state index in [1.165, 1.54) is 16.6 Å². The summed E-state index contributed by atoms with van der Waals surface area (Å²) in [4.78, 5) is 18.8. The van der Waals surface area contributed by atoms with Crippen LogP contribution >= 0.6 is 0 Å². The SMILES string of the molecule is O=C(NCc1cccc(F)c1)N1CCCC(CNc2cc(-c3ccccc3O)nc3c(F)cnn23)C1. The van der Waals surface area contributed by atoms with E-state index in [0.717, 1.165) is 19.0 Å². The molecular weight excluding hydrogens is 466 g/mol. The Morgan fingerprint density at radius 1 is 1.14 bits per heavy atom. The van der Waals surface area contributed by atoms with Gasteiger partial charge in [-0.05, 0) is 48.6 Å². The molecule has 2 amide bonds. The summed E-state index contributed by atoms with van der Waals surface area (Å²) < 4.78 is 29.1. The minimum absolute atomic E-state index is 0.0485. The molecule has 5 rings (SSSR count). The third-order valence-electron chi connectivity index (χ3n) is 6.32. The smallest absolute Gasteiger partial charge is 0.317 e. The molecule has 1 unspecified atom stereocenters. The van der Waals surface area contributed by atoms with Gasteiger partial charge in [-0.1, -0.05) is 24.3 Å². The van der Waals surface area contributed by atoms with Gasteiger partial charge in [0.1, 0.15) is 17.4 Å². The number of piperidine rings is 1. The number of hydrogen-bond donors (Lipinski definition) is 3. The number of nitrogens with one attached hydrogen (secondary N) is 2. The molecule has 1 aliphatic rings. The number of para-hydroxylation sites is 1. The van der Waals surface area contributed by atoms with Gasteiger partial charge in [-0.25, -0.2) is 18.6 Å². The number of benzene rings is 2. The van der Waals surface area contributed by atoms with Crippen LogP contribution < -0.4 is 10.6 Å². The van der Waals surface area contributed by atoms with Crippen molar-refractivity contribution in [1.82, 2.24) is 24.8 Å². The first kappa shape index (κ1) is 23.5. The van der Waals surface area contributed by atoms with Gasteiger partial charge in [0.05, 0.1) is 11.9 Å². The lowest BCUT2D eigenvalue weighted by atomic mass is 9.98. The van der Waals surface area contributed by atoms with Crippen molar-refractivity contribution < 1.29 is 18.7 Å². The van der Waals surface area contributed by atoms with Crippen LogP contribution in [0.15, 0.2) is 60.8 Å². The number of nitrogens with zero attached hydrogens (tertiary/aromatic N) is 4. The zero-order chi connectivity index (χ0) is 25.1. The van der Waals surface area contributed by atoms with E-state index in [9.17, 15) is 18.7 Å². The summed E-state index contributed by atoms with van der Waals surface area (Å²) in [5, 5.41) is 20.5. The Labute approximate surface area is 206 Å². The van der Waals surface area contributed by atoms with Crippen LogP contribution in [-0.2, 0) is 6.54 Å².